The molecule has 4 nitrogen and oxygen atoms in total. The lowest BCUT2D eigenvalue weighted by atomic mass is 10.0. The second-order valence-corrected chi connectivity index (χ2v) is 6.53. The van der Waals surface area contributed by atoms with E-state index in [1.165, 1.54) is 5.56 Å². The van der Waals surface area contributed by atoms with E-state index < -0.39 is 6.10 Å². The van der Waals surface area contributed by atoms with Crippen LogP contribution in [-0.4, -0.2) is 17.0 Å². The van der Waals surface area contributed by atoms with Crippen LogP contribution < -0.4 is 10.1 Å². The second-order valence-electron chi connectivity index (χ2n) is 6.53. The van der Waals surface area contributed by atoms with Crippen LogP contribution in [0.3, 0.4) is 0 Å². The first-order valence-electron chi connectivity index (χ1n) is 8.73. The number of hydrogen-bond donors (Lipinski definition) is 1. The Hall–Kier alpha value is -3.14. The summed E-state index contributed by atoms with van der Waals surface area (Å²) in [7, 11) is 0. The Labute approximate surface area is 152 Å². The van der Waals surface area contributed by atoms with Crippen molar-refractivity contribution in [3.05, 3.63) is 95.3 Å². The molecular formula is C22H20N2O2. The van der Waals surface area contributed by atoms with Gasteiger partial charge in [-0.2, -0.15) is 0 Å². The molecule has 2 aromatic carbocycles. The SMILES string of the molecule is Cc1ccc([C@@H](NC(=O)[C@@H]2Cc3ccccc3O2)c2ccccn2)cc1. The monoisotopic (exact) mass is 344 g/mol. The van der Waals surface area contributed by atoms with E-state index in [2.05, 4.69) is 10.3 Å². The molecule has 2 heterocycles. The molecule has 0 bridgehead atoms. The van der Waals surface area contributed by atoms with Gasteiger partial charge < -0.3 is 10.1 Å². The number of para-hydroxylation sites is 1. The van der Waals surface area contributed by atoms with Gasteiger partial charge in [-0.3, -0.25) is 9.78 Å². The van der Waals surface area contributed by atoms with Crippen molar-refractivity contribution in [2.24, 2.45) is 0 Å². The predicted molar refractivity (Wildman–Crippen MR) is 100.0 cm³/mol. The van der Waals surface area contributed by atoms with Gasteiger partial charge >= 0.3 is 0 Å². The summed E-state index contributed by atoms with van der Waals surface area (Å²) >= 11 is 0. The molecule has 0 saturated carbocycles. The third kappa shape index (κ3) is 3.31. The summed E-state index contributed by atoms with van der Waals surface area (Å²) < 4.78 is 5.83. The molecule has 1 N–H and O–H groups in total. The number of amides is 1. The average molecular weight is 344 g/mol. The lowest BCUT2D eigenvalue weighted by Crippen LogP contribution is -2.40. The number of carbonyl (C=O) groups is 1. The lowest BCUT2D eigenvalue weighted by Gasteiger charge is -2.21. The van der Waals surface area contributed by atoms with Crippen LogP contribution in [0.25, 0.3) is 0 Å². The minimum absolute atomic E-state index is 0.127. The highest BCUT2D eigenvalue weighted by molar-refractivity contribution is 5.83. The van der Waals surface area contributed by atoms with E-state index in [0.717, 1.165) is 22.6 Å². The smallest absolute Gasteiger partial charge is 0.262 e. The van der Waals surface area contributed by atoms with Crippen LogP contribution in [0.15, 0.2) is 72.9 Å². The summed E-state index contributed by atoms with van der Waals surface area (Å²) in [6.07, 6.45) is 1.82. The van der Waals surface area contributed by atoms with E-state index in [4.69, 9.17) is 4.74 Å². The Kier molecular flexibility index (Phi) is 4.40. The molecule has 4 rings (SSSR count). The van der Waals surface area contributed by atoms with Crippen LogP contribution in [0, 0.1) is 6.92 Å². The van der Waals surface area contributed by atoms with Gasteiger partial charge in [0.15, 0.2) is 6.10 Å². The Morgan fingerprint density at radius 2 is 1.85 bits per heavy atom. The largest absolute Gasteiger partial charge is 0.480 e. The third-order valence-corrected chi connectivity index (χ3v) is 4.62. The van der Waals surface area contributed by atoms with Crippen molar-refractivity contribution in [2.45, 2.75) is 25.5 Å². The Bertz CT molecular complexity index is 882. The molecule has 0 unspecified atom stereocenters. The summed E-state index contributed by atoms with van der Waals surface area (Å²) in [4.78, 5) is 17.3. The molecule has 4 heteroatoms. The fourth-order valence-corrected chi connectivity index (χ4v) is 3.20. The highest BCUT2D eigenvalue weighted by atomic mass is 16.5. The number of pyridine rings is 1. The van der Waals surface area contributed by atoms with E-state index in [0.29, 0.717) is 6.42 Å². The Morgan fingerprint density at radius 1 is 1.08 bits per heavy atom. The van der Waals surface area contributed by atoms with Gasteiger partial charge in [-0.15, -0.1) is 0 Å². The van der Waals surface area contributed by atoms with Gasteiger partial charge in [-0.05, 0) is 36.2 Å². The standard InChI is InChI=1S/C22H20N2O2/c1-15-9-11-16(12-10-15)21(18-7-4-5-13-23-18)24-22(25)20-14-17-6-2-3-8-19(17)26-20/h2-13,20-21H,14H2,1H3,(H,24,25)/t20-,21+/m0/s1. The molecule has 130 valence electrons. The van der Waals surface area contributed by atoms with Crippen molar-refractivity contribution in [1.29, 1.82) is 0 Å². The van der Waals surface area contributed by atoms with Crippen molar-refractivity contribution < 1.29 is 9.53 Å². The van der Waals surface area contributed by atoms with Crippen molar-refractivity contribution >= 4 is 5.91 Å². The molecule has 0 spiro atoms. The molecule has 0 fully saturated rings. The molecule has 2 atom stereocenters. The maximum Gasteiger partial charge on any atom is 0.262 e. The van der Waals surface area contributed by atoms with Crippen LogP contribution >= 0.6 is 0 Å². The van der Waals surface area contributed by atoms with Gasteiger partial charge in [-0.25, -0.2) is 0 Å². The number of rotatable bonds is 4. The van der Waals surface area contributed by atoms with Gasteiger partial charge in [0.25, 0.3) is 5.91 Å². The number of nitrogens with one attached hydrogen (secondary N) is 1. The first-order valence-corrected chi connectivity index (χ1v) is 8.73. The average Bonchev–Trinajstić information content (AvgIpc) is 3.12. The Morgan fingerprint density at radius 3 is 2.58 bits per heavy atom. The molecular weight excluding hydrogens is 324 g/mol. The zero-order valence-corrected chi connectivity index (χ0v) is 14.6. The van der Waals surface area contributed by atoms with Gasteiger partial charge in [0, 0.05) is 12.6 Å². The zero-order valence-electron chi connectivity index (χ0n) is 14.6. The van der Waals surface area contributed by atoms with E-state index >= 15 is 0 Å². The maximum absolute atomic E-state index is 12.9. The summed E-state index contributed by atoms with van der Waals surface area (Å²) in [5, 5.41) is 3.12. The molecule has 1 aliphatic rings. The number of hydrogen-bond acceptors (Lipinski definition) is 3. The quantitative estimate of drug-likeness (QED) is 0.787. The fraction of sp³-hybridized carbons (Fsp3) is 0.182. The second kappa shape index (κ2) is 7.00. The summed E-state index contributed by atoms with van der Waals surface area (Å²) in [5.74, 6) is 0.662. The molecule has 0 radical (unpaired) electrons. The molecule has 1 aromatic heterocycles. The minimum Gasteiger partial charge on any atom is -0.480 e. The van der Waals surface area contributed by atoms with Gasteiger partial charge in [-0.1, -0.05) is 54.1 Å². The highest BCUT2D eigenvalue weighted by Crippen LogP contribution is 2.29. The highest BCUT2D eigenvalue weighted by Gasteiger charge is 2.31. The number of nitrogens with zero attached hydrogens (tertiary/aromatic N) is 1. The van der Waals surface area contributed by atoms with Crippen molar-refractivity contribution in [1.82, 2.24) is 10.3 Å². The van der Waals surface area contributed by atoms with Crippen LogP contribution in [0.5, 0.6) is 5.75 Å². The zero-order chi connectivity index (χ0) is 17.9. The minimum atomic E-state index is -0.510. The number of aryl methyl sites for hydroxylation is 1. The number of fused-ring (bicyclic) bond motifs is 1. The van der Waals surface area contributed by atoms with Crippen LogP contribution in [-0.2, 0) is 11.2 Å². The van der Waals surface area contributed by atoms with E-state index in [9.17, 15) is 4.79 Å². The summed E-state index contributed by atoms with van der Waals surface area (Å²) in [6.45, 7) is 2.04. The van der Waals surface area contributed by atoms with Crippen LogP contribution in [0.4, 0.5) is 0 Å². The number of benzene rings is 2. The first-order chi connectivity index (χ1) is 12.7. The lowest BCUT2D eigenvalue weighted by molar-refractivity contribution is -0.127. The topological polar surface area (TPSA) is 51.2 Å². The number of carbonyl (C=O) groups excluding carboxylic acids is 1. The van der Waals surface area contributed by atoms with Crippen molar-refractivity contribution in [2.75, 3.05) is 0 Å². The third-order valence-electron chi connectivity index (χ3n) is 4.62. The molecule has 0 aliphatic carbocycles. The van der Waals surface area contributed by atoms with E-state index in [-0.39, 0.29) is 11.9 Å². The van der Waals surface area contributed by atoms with Gasteiger partial charge in [0.2, 0.25) is 0 Å². The summed E-state index contributed by atoms with van der Waals surface area (Å²) in [5.41, 5.74) is 4.05. The molecule has 1 amide bonds. The van der Waals surface area contributed by atoms with Gasteiger partial charge in [0.1, 0.15) is 5.75 Å². The maximum atomic E-state index is 12.9. The predicted octanol–water partition coefficient (Wildman–Crippen LogP) is 3.60. The van der Waals surface area contributed by atoms with E-state index in [1.54, 1.807) is 6.20 Å². The molecule has 1 aliphatic heterocycles. The Balaban J connectivity index is 1.57. The van der Waals surface area contributed by atoms with Gasteiger partial charge in [0.05, 0.1) is 11.7 Å². The van der Waals surface area contributed by atoms with Crippen LogP contribution in [0.1, 0.15) is 28.4 Å². The molecule has 0 saturated heterocycles. The molecule has 3 aromatic rings. The van der Waals surface area contributed by atoms with Crippen LogP contribution in [0.2, 0.25) is 0 Å². The van der Waals surface area contributed by atoms with E-state index in [1.807, 2.05) is 73.7 Å². The van der Waals surface area contributed by atoms with Crippen molar-refractivity contribution in [3.8, 4) is 5.75 Å². The fourth-order valence-electron chi connectivity index (χ4n) is 3.20. The first kappa shape index (κ1) is 16.3. The normalized spacial score (nSPS) is 16.4. The number of ether oxygens (including phenoxy) is 1. The molecule has 26 heavy (non-hydrogen) atoms. The number of aromatic nitrogens is 1. The van der Waals surface area contributed by atoms with Crippen molar-refractivity contribution in [3.63, 3.8) is 0 Å². The summed E-state index contributed by atoms with van der Waals surface area (Å²) in [6, 6.07) is 21.3.